The summed E-state index contributed by atoms with van der Waals surface area (Å²) < 4.78 is 31.0. The molecule has 7 aliphatic rings. The minimum absolute atomic E-state index is 0.0152. The van der Waals surface area contributed by atoms with Crippen LogP contribution in [-0.2, 0) is 19.7 Å². The van der Waals surface area contributed by atoms with Gasteiger partial charge in [-0.1, -0.05) is 13.8 Å². The molecule has 3 atom stereocenters. The highest BCUT2D eigenvalue weighted by Gasteiger charge is 2.65. The molecule has 9 heteroatoms. The first kappa shape index (κ1) is 27.7. The SMILES string of the molecule is CC1(C)[C@H]2CC[C@]1(CS(=O)(=O)O)C(=O)C2.Cc1cc(C)nc(N2C(=O)CS[C@@H]2C23CC4CC(CC(C4)C2)C3)c1. The second kappa shape index (κ2) is 9.28. The average Bonchev–Trinajstić information content (AvgIpc) is 3.36. The molecule has 1 aromatic heterocycles. The number of aromatic nitrogens is 1. The maximum atomic E-state index is 12.8. The number of nitrogens with zero attached hydrogens (tertiary/aromatic N) is 2. The molecule has 39 heavy (non-hydrogen) atoms. The molecular weight excluding hydrogens is 532 g/mol. The van der Waals surface area contributed by atoms with Crippen molar-refractivity contribution in [1.82, 2.24) is 4.98 Å². The molecule has 0 aromatic carbocycles. The number of carbonyl (C=O) groups is 2. The quantitative estimate of drug-likeness (QED) is 0.468. The number of thioether (sulfide) groups is 1. The number of anilines is 1. The van der Waals surface area contributed by atoms with Crippen LogP contribution in [0.1, 0.15) is 82.9 Å². The third kappa shape index (κ3) is 4.58. The number of aryl methyl sites for hydroxylation is 2. The van der Waals surface area contributed by atoms with Gasteiger partial charge in [0.15, 0.2) is 0 Å². The highest BCUT2D eigenvalue weighted by atomic mass is 32.2. The van der Waals surface area contributed by atoms with Crippen molar-refractivity contribution in [2.24, 2.45) is 39.9 Å². The Balaban J connectivity index is 0.000000159. The number of hydrogen-bond acceptors (Lipinski definition) is 6. The van der Waals surface area contributed by atoms with E-state index in [9.17, 15) is 18.0 Å². The Labute approximate surface area is 237 Å². The summed E-state index contributed by atoms with van der Waals surface area (Å²) in [4.78, 5) is 31.5. The van der Waals surface area contributed by atoms with Gasteiger partial charge in [0, 0.05) is 17.5 Å². The first-order valence-electron chi connectivity index (χ1n) is 14.6. The summed E-state index contributed by atoms with van der Waals surface area (Å²) in [5.41, 5.74) is 1.45. The molecule has 214 valence electrons. The van der Waals surface area contributed by atoms with Crippen LogP contribution >= 0.6 is 11.8 Å². The summed E-state index contributed by atoms with van der Waals surface area (Å²) in [6.07, 6.45) is 10.3. The van der Waals surface area contributed by atoms with Crippen molar-refractivity contribution in [1.29, 1.82) is 0 Å². The van der Waals surface area contributed by atoms with Crippen molar-refractivity contribution in [2.75, 3.05) is 16.4 Å². The Morgan fingerprint density at radius 1 is 1.05 bits per heavy atom. The lowest BCUT2D eigenvalue weighted by Crippen LogP contribution is -2.55. The van der Waals surface area contributed by atoms with Crippen LogP contribution in [0.5, 0.6) is 0 Å². The molecule has 7 nitrogen and oxygen atoms in total. The molecule has 1 N–H and O–H groups in total. The number of pyridine rings is 1. The van der Waals surface area contributed by atoms with Crippen LogP contribution in [0.15, 0.2) is 12.1 Å². The molecule has 1 saturated heterocycles. The molecule has 8 rings (SSSR count). The molecule has 6 saturated carbocycles. The summed E-state index contributed by atoms with van der Waals surface area (Å²) in [5.74, 6) is 4.43. The van der Waals surface area contributed by atoms with Gasteiger partial charge in [0.2, 0.25) is 5.91 Å². The van der Waals surface area contributed by atoms with Crippen LogP contribution in [0.4, 0.5) is 5.82 Å². The summed E-state index contributed by atoms with van der Waals surface area (Å²) in [5, 5.41) is 0.312. The number of amides is 1. The van der Waals surface area contributed by atoms with Crippen LogP contribution in [0.3, 0.4) is 0 Å². The summed E-state index contributed by atoms with van der Waals surface area (Å²) in [6, 6.07) is 4.20. The van der Waals surface area contributed by atoms with E-state index in [2.05, 4.69) is 24.0 Å². The fourth-order valence-electron chi connectivity index (χ4n) is 9.97. The van der Waals surface area contributed by atoms with Crippen LogP contribution < -0.4 is 4.90 Å². The van der Waals surface area contributed by atoms with Gasteiger partial charge in [0.1, 0.15) is 11.6 Å². The van der Waals surface area contributed by atoms with Crippen LogP contribution in [-0.4, -0.2) is 46.5 Å². The maximum Gasteiger partial charge on any atom is 0.265 e. The van der Waals surface area contributed by atoms with Gasteiger partial charge in [0.05, 0.1) is 22.3 Å². The van der Waals surface area contributed by atoms with E-state index in [4.69, 9.17) is 9.54 Å². The maximum absolute atomic E-state index is 12.8. The van der Waals surface area contributed by atoms with Gasteiger partial charge in [-0.15, -0.1) is 11.8 Å². The monoisotopic (exact) mass is 574 g/mol. The van der Waals surface area contributed by atoms with Crippen LogP contribution in [0, 0.1) is 53.8 Å². The molecular formula is C30H42N2O5S2. The minimum atomic E-state index is -4.08. The zero-order chi connectivity index (χ0) is 28.0. The number of carbonyl (C=O) groups excluding carboxylic acids is 2. The van der Waals surface area contributed by atoms with Crippen molar-refractivity contribution in [3.63, 3.8) is 0 Å². The second-order valence-corrected chi connectivity index (χ2v) is 16.8. The zero-order valence-electron chi connectivity index (χ0n) is 23.6. The van der Waals surface area contributed by atoms with Gasteiger partial charge in [-0.2, -0.15) is 8.42 Å². The molecule has 2 heterocycles. The number of rotatable bonds is 4. The fraction of sp³-hybridized carbons (Fsp3) is 0.767. The lowest BCUT2D eigenvalue weighted by molar-refractivity contribution is -0.128. The minimum Gasteiger partial charge on any atom is -0.299 e. The van der Waals surface area contributed by atoms with E-state index in [1.807, 2.05) is 32.5 Å². The molecule has 1 aliphatic heterocycles. The molecule has 1 amide bonds. The third-order valence-electron chi connectivity index (χ3n) is 11.4. The highest BCUT2D eigenvalue weighted by Crippen LogP contribution is 2.65. The van der Waals surface area contributed by atoms with Crippen molar-refractivity contribution in [3.05, 3.63) is 23.4 Å². The Hall–Kier alpha value is -1.45. The van der Waals surface area contributed by atoms with Crippen molar-refractivity contribution >= 4 is 39.4 Å². The predicted octanol–water partition coefficient (Wildman–Crippen LogP) is 5.59. The molecule has 0 radical (unpaired) electrons. The topological polar surface area (TPSA) is 105 Å². The first-order valence-corrected chi connectivity index (χ1v) is 17.2. The zero-order valence-corrected chi connectivity index (χ0v) is 25.2. The lowest BCUT2D eigenvalue weighted by Gasteiger charge is -2.59. The van der Waals surface area contributed by atoms with E-state index in [0.29, 0.717) is 29.4 Å². The van der Waals surface area contributed by atoms with Gasteiger partial charge in [-0.05, 0) is 112 Å². The van der Waals surface area contributed by atoms with Crippen molar-refractivity contribution in [3.8, 4) is 0 Å². The molecule has 1 aromatic rings. The van der Waals surface area contributed by atoms with Crippen LogP contribution in [0.25, 0.3) is 0 Å². The standard InChI is InChI=1S/C20H26N2OS.C10H16O4S/c1-12-3-13(2)21-17(4-12)22-18(23)11-24-19(22)20-8-14-5-15(9-20)7-16(6-14)10-20;1-9(2)7-3-4-10(9,8(11)5-7)6-15(12,13)14/h3-4,14-16,19H,5-11H2,1-2H3;7H,3-6H2,1-2H3,(H,12,13,14)/t14?,15?,16?,19-,20?;7-,10-/m10/s1. The number of hydrogen-bond donors (Lipinski definition) is 1. The molecule has 6 aliphatic carbocycles. The van der Waals surface area contributed by atoms with E-state index in [1.54, 1.807) is 0 Å². The van der Waals surface area contributed by atoms with Gasteiger partial charge < -0.3 is 0 Å². The molecule has 7 fully saturated rings. The van der Waals surface area contributed by atoms with Crippen molar-refractivity contribution in [2.45, 2.75) is 90.9 Å². The van der Waals surface area contributed by atoms with Gasteiger partial charge in [0.25, 0.3) is 10.1 Å². The van der Waals surface area contributed by atoms with E-state index in [1.165, 1.54) is 44.1 Å². The van der Waals surface area contributed by atoms with E-state index in [-0.39, 0.29) is 23.0 Å². The number of ketones is 1. The third-order valence-corrected chi connectivity index (χ3v) is 13.7. The van der Waals surface area contributed by atoms with Gasteiger partial charge >= 0.3 is 0 Å². The second-order valence-electron chi connectivity index (χ2n) is 14.2. The Kier molecular flexibility index (Phi) is 6.59. The Morgan fingerprint density at radius 3 is 2.15 bits per heavy atom. The number of fused-ring (bicyclic) bond motifs is 2. The van der Waals surface area contributed by atoms with E-state index in [0.717, 1.165) is 35.7 Å². The summed E-state index contributed by atoms with van der Waals surface area (Å²) >= 11 is 1.89. The molecule has 6 bridgehead atoms. The Bertz CT molecular complexity index is 1250. The molecule has 0 spiro atoms. The Morgan fingerprint density at radius 2 is 1.67 bits per heavy atom. The van der Waals surface area contributed by atoms with Gasteiger partial charge in [-0.25, -0.2) is 4.98 Å². The number of Topliss-reactive ketones (excluding diaryl/α,β-unsaturated/α-hetero) is 1. The summed E-state index contributed by atoms with van der Waals surface area (Å²) in [7, 11) is -4.08. The predicted molar refractivity (Wildman–Crippen MR) is 153 cm³/mol. The van der Waals surface area contributed by atoms with E-state index >= 15 is 0 Å². The summed E-state index contributed by atoms with van der Waals surface area (Å²) in [6.45, 7) is 8.02. The lowest BCUT2D eigenvalue weighted by atomic mass is 9.49. The van der Waals surface area contributed by atoms with Crippen LogP contribution in [0.2, 0.25) is 0 Å². The average molecular weight is 575 g/mol. The molecule has 0 unspecified atom stereocenters. The highest BCUT2D eigenvalue weighted by molar-refractivity contribution is 8.01. The first-order chi connectivity index (χ1) is 18.2. The van der Waals surface area contributed by atoms with E-state index < -0.39 is 21.3 Å². The normalized spacial score (nSPS) is 39.8. The smallest absolute Gasteiger partial charge is 0.265 e. The fourth-order valence-corrected chi connectivity index (χ4v) is 12.7. The van der Waals surface area contributed by atoms with Crippen molar-refractivity contribution < 1.29 is 22.6 Å². The van der Waals surface area contributed by atoms with Gasteiger partial charge in [-0.3, -0.25) is 19.0 Å². The largest absolute Gasteiger partial charge is 0.299 e.